The third-order valence-corrected chi connectivity index (χ3v) is 6.53. The first kappa shape index (κ1) is 22.3. The van der Waals surface area contributed by atoms with E-state index in [1.54, 1.807) is 0 Å². The Balaban J connectivity index is 1.40. The Morgan fingerprint density at radius 2 is 2.03 bits per heavy atom. The van der Waals surface area contributed by atoms with Gasteiger partial charge in [0.25, 0.3) is 0 Å². The van der Waals surface area contributed by atoms with Crippen LogP contribution in [0.1, 0.15) is 56.7 Å². The lowest BCUT2D eigenvalue weighted by Crippen LogP contribution is -2.39. The molecule has 0 aliphatic carbocycles. The Hall–Kier alpha value is -2.93. The predicted octanol–water partition coefficient (Wildman–Crippen LogP) is 3.78. The van der Waals surface area contributed by atoms with Gasteiger partial charge in [-0.05, 0) is 49.9 Å². The Bertz CT molecular complexity index is 1050. The van der Waals surface area contributed by atoms with E-state index in [0.717, 1.165) is 63.2 Å². The molecule has 1 saturated heterocycles. The van der Waals surface area contributed by atoms with Crippen molar-refractivity contribution in [3.8, 4) is 0 Å². The average molecular weight is 435 g/mol. The summed E-state index contributed by atoms with van der Waals surface area (Å²) in [5.41, 5.74) is 10.1. The van der Waals surface area contributed by atoms with E-state index >= 15 is 0 Å². The van der Waals surface area contributed by atoms with E-state index in [9.17, 15) is 4.79 Å². The van der Waals surface area contributed by atoms with Crippen LogP contribution in [-0.2, 0) is 17.9 Å². The second kappa shape index (κ2) is 10.1. The fourth-order valence-corrected chi connectivity index (χ4v) is 4.66. The molecule has 7 nitrogen and oxygen atoms in total. The molecule has 1 fully saturated rings. The van der Waals surface area contributed by atoms with Gasteiger partial charge in [0.05, 0.1) is 17.4 Å². The van der Waals surface area contributed by atoms with Crippen LogP contribution in [0.2, 0.25) is 0 Å². The van der Waals surface area contributed by atoms with E-state index < -0.39 is 0 Å². The Morgan fingerprint density at radius 1 is 1.22 bits per heavy atom. The molecule has 0 bridgehead atoms. The SMILES string of the molecule is CCCC(C)n1cnc2ccc(CNCc3cccnc3N3CCC(C(N)=O)CC3)cc21. The predicted molar refractivity (Wildman–Crippen MR) is 128 cm³/mol. The number of imidazole rings is 1. The molecule has 1 aromatic carbocycles. The van der Waals surface area contributed by atoms with Crippen molar-refractivity contribution in [1.82, 2.24) is 19.9 Å². The monoisotopic (exact) mass is 434 g/mol. The molecular weight excluding hydrogens is 400 g/mol. The molecule has 0 radical (unpaired) electrons. The highest BCUT2D eigenvalue weighted by Gasteiger charge is 2.24. The van der Waals surface area contributed by atoms with Crippen molar-refractivity contribution in [2.45, 2.75) is 58.7 Å². The lowest BCUT2D eigenvalue weighted by atomic mass is 9.96. The molecule has 1 atom stereocenters. The van der Waals surface area contributed by atoms with Crippen molar-refractivity contribution < 1.29 is 4.79 Å². The number of primary amides is 1. The van der Waals surface area contributed by atoms with Gasteiger partial charge in [0.1, 0.15) is 5.82 Å². The lowest BCUT2D eigenvalue weighted by Gasteiger charge is -2.32. The molecular formula is C25H34N6O. The zero-order valence-corrected chi connectivity index (χ0v) is 19.1. The number of fused-ring (bicyclic) bond motifs is 1. The number of nitrogens with one attached hydrogen (secondary N) is 1. The number of rotatable bonds is 9. The smallest absolute Gasteiger partial charge is 0.220 e. The zero-order valence-electron chi connectivity index (χ0n) is 19.1. The maximum atomic E-state index is 11.5. The van der Waals surface area contributed by atoms with Crippen LogP contribution in [0, 0.1) is 5.92 Å². The van der Waals surface area contributed by atoms with Gasteiger partial charge in [-0.1, -0.05) is 25.5 Å². The second-order valence-electron chi connectivity index (χ2n) is 8.87. The van der Waals surface area contributed by atoms with Crippen LogP contribution in [0.3, 0.4) is 0 Å². The van der Waals surface area contributed by atoms with Crippen LogP contribution in [-0.4, -0.2) is 33.5 Å². The fraction of sp³-hybridized carbons (Fsp3) is 0.480. The molecule has 170 valence electrons. The molecule has 0 saturated carbocycles. The van der Waals surface area contributed by atoms with Gasteiger partial charge in [0.2, 0.25) is 5.91 Å². The van der Waals surface area contributed by atoms with Crippen molar-refractivity contribution in [3.63, 3.8) is 0 Å². The Labute approximate surface area is 190 Å². The van der Waals surface area contributed by atoms with Crippen molar-refractivity contribution in [3.05, 3.63) is 54.0 Å². The van der Waals surface area contributed by atoms with Gasteiger partial charge in [-0.25, -0.2) is 9.97 Å². The molecule has 0 spiro atoms. The van der Waals surface area contributed by atoms with E-state index in [1.807, 2.05) is 18.6 Å². The summed E-state index contributed by atoms with van der Waals surface area (Å²) < 4.78 is 2.29. The summed E-state index contributed by atoms with van der Waals surface area (Å²) in [4.78, 5) is 23.0. The molecule has 3 heterocycles. The van der Waals surface area contributed by atoms with Crippen molar-refractivity contribution >= 4 is 22.8 Å². The highest BCUT2D eigenvalue weighted by atomic mass is 16.1. The normalized spacial score (nSPS) is 15.9. The van der Waals surface area contributed by atoms with Gasteiger partial charge >= 0.3 is 0 Å². The van der Waals surface area contributed by atoms with Gasteiger partial charge in [-0.15, -0.1) is 0 Å². The summed E-state index contributed by atoms with van der Waals surface area (Å²) in [5, 5.41) is 3.58. The van der Waals surface area contributed by atoms with Gasteiger partial charge in [-0.2, -0.15) is 0 Å². The van der Waals surface area contributed by atoms with Gasteiger partial charge in [0, 0.05) is 49.9 Å². The summed E-state index contributed by atoms with van der Waals surface area (Å²) in [6.45, 7) is 7.62. The topological polar surface area (TPSA) is 89.1 Å². The lowest BCUT2D eigenvalue weighted by molar-refractivity contribution is -0.122. The van der Waals surface area contributed by atoms with Gasteiger partial charge in [-0.3, -0.25) is 4.79 Å². The second-order valence-corrected chi connectivity index (χ2v) is 8.87. The van der Waals surface area contributed by atoms with E-state index in [-0.39, 0.29) is 11.8 Å². The molecule has 3 N–H and O–H groups in total. The first-order valence-electron chi connectivity index (χ1n) is 11.7. The number of piperidine rings is 1. The number of nitrogens with zero attached hydrogens (tertiary/aromatic N) is 4. The minimum atomic E-state index is -0.185. The molecule has 7 heteroatoms. The molecule has 3 aromatic rings. The van der Waals surface area contributed by atoms with Gasteiger partial charge < -0.3 is 20.5 Å². The summed E-state index contributed by atoms with van der Waals surface area (Å²) in [5.74, 6) is 0.805. The quantitative estimate of drug-likeness (QED) is 0.535. The largest absolute Gasteiger partial charge is 0.369 e. The van der Waals surface area contributed by atoms with Crippen LogP contribution >= 0.6 is 0 Å². The van der Waals surface area contributed by atoms with E-state index in [4.69, 9.17) is 5.73 Å². The minimum Gasteiger partial charge on any atom is -0.369 e. The molecule has 32 heavy (non-hydrogen) atoms. The third-order valence-electron chi connectivity index (χ3n) is 6.53. The molecule has 4 rings (SSSR count). The molecule has 2 aromatic heterocycles. The standard InChI is InChI=1S/C25H34N6O/c1-3-5-18(2)31-17-29-22-8-7-19(14-23(22)31)15-27-16-21-6-4-11-28-25(21)30-12-9-20(10-13-30)24(26)32/h4,6-8,11,14,17-18,20,27H,3,5,9-10,12-13,15-16H2,1-2H3,(H2,26,32). The molecule has 1 amide bonds. The number of pyridine rings is 1. The van der Waals surface area contributed by atoms with E-state index in [2.05, 4.69) is 62.9 Å². The number of aromatic nitrogens is 3. The summed E-state index contributed by atoms with van der Waals surface area (Å²) >= 11 is 0. The zero-order chi connectivity index (χ0) is 22.5. The summed E-state index contributed by atoms with van der Waals surface area (Å²) in [6, 6.07) is 11.1. The number of carbonyl (C=O) groups excluding carboxylic acids is 1. The maximum absolute atomic E-state index is 11.5. The van der Waals surface area contributed by atoms with Crippen molar-refractivity contribution in [1.29, 1.82) is 0 Å². The van der Waals surface area contributed by atoms with Crippen LogP contribution in [0.5, 0.6) is 0 Å². The highest BCUT2D eigenvalue weighted by Crippen LogP contribution is 2.25. The maximum Gasteiger partial charge on any atom is 0.220 e. The molecule has 1 aliphatic heterocycles. The Morgan fingerprint density at radius 3 is 2.78 bits per heavy atom. The first-order valence-corrected chi connectivity index (χ1v) is 11.7. The Kier molecular flexibility index (Phi) is 7.05. The summed E-state index contributed by atoms with van der Waals surface area (Å²) in [6.07, 6.45) is 7.70. The minimum absolute atomic E-state index is 0.0139. The number of anilines is 1. The van der Waals surface area contributed by atoms with Gasteiger partial charge in [0.15, 0.2) is 0 Å². The molecule has 1 unspecified atom stereocenters. The number of hydrogen-bond donors (Lipinski definition) is 2. The van der Waals surface area contributed by atoms with E-state index in [1.165, 1.54) is 16.6 Å². The number of benzene rings is 1. The summed E-state index contributed by atoms with van der Waals surface area (Å²) in [7, 11) is 0. The number of carbonyl (C=O) groups is 1. The van der Waals surface area contributed by atoms with E-state index in [0.29, 0.717) is 6.04 Å². The van der Waals surface area contributed by atoms with Crippen LogP contribution in [0.25, 0.3) is 11.0 Å². The van der Waals surface area contributed by atoms with Crippen molar-refractivity contribution in [2.24, 2.45) is 11.7 Å². The van der Waals surface area contributed by atoms with Crippen LogP contribution in [0.15, 0.2) is 42.9 Å². The number of hydrogen-bond acceptors (Lipinski definition) is 5. The van der Waals surface area contributed by atoms with Crippen molar-refractivity contribution in [2.75, 3.05) is 18.0 Å². The number of amides is 1. The third kappa shape index (κ3) is 4.93. The average Bonchev–Trinajstić information content (AvgIpc) is 3.23. The molecule has 1 aliphatic rings. The van der Waals surface area contributed by atoms with Crippen LogP contribution < -0.4 is 16.0 Å². The fourth-order valence-electron chi connectivity index (χ4n) is 4.66. The highest BCUT2D eigenvalue weighted by molar-refractivity contribution is 5.77. The first-order chi connectivity index (χ1) is 15.6. The van der Waals surface area contributed by atoms with Crippen LogP contribution in [0.4, 0.5) is 5.82 Å². The number of nitrogens with two attached hydrogens (primary N) is 1.